The van der Waals surface area contributed by atoms with Gasteiger partial charge in [0.15, 0.2) is 11.5 Å². The van der Waals surface area contributed by atoms with Gasteiger partial charge in [0.25, 0.3) is 0 Å². The van der Waals surface area contributed by atoms with Crippen LogP contribution in [0.25, 0.3) is 0 Å². The molecule has 1 unspecified atom stereocenters. The van der Waals surface area contributed by atoms with Gasteiger partial charge in [-0.05, 0) is 56.0 Å². The third kappa shape index (κ3) is 3.26. The molecule has 1 aliphatic rings. The molecule has 104 valence electrons. The average Bonchev–Trinajstić information content (AvgIpc) is 2.47. The molecule has 1 saturated heterocycles. The van der Waals surface area contributed by atoms with Gasteiger partial charge in [0.1, 0.15) is 6.29 Å². The first-order valence-corrected chi connectivity index (χ1v) is 6.69. The van der Waals surface area contributed by atoms with Gasteiger partial charge in [-0.15, -0.1) is 0 Å². The van der Waals surface area contributed by atoms with E-state index < -0.39 is 0 Å². The Morgan fingerprint density at radius 1 is 1.37 bits per heavy atom. The molecule has 1 atom stereocenters. The molecule has 1 N–H and O–H groups in total. The predicted octanol–water partition coefficient (Wildman–Crippen LogP) is 2.06. The van der Waals surface area contributed by atoms with E-state index in [9.17, 15) is 4.79 Å². The molecule has 0 bridgehead atoms. The van der Waals surface area contributed by atoms with Crippen molar-refractivity contribution in [2.45, 2.75) is 19.3 Å². The number of aldehydes is 1. The zero-order valence-corrected chi connectivity index (χ0v) is 11.6. The van der Waals surface area contributed by atoms with Crippen LogP contribution in [-0.2, 0) is 6.42 Å². The second kappa shape index (κ2) is 6.57. The maximum atomic E-state index is 11.0. The Morgan fingerprint density at radius 2 is 2.21 bits per heavy atom. The average molecular weight is 263 g/mol. The van der Waals surface area contributed by atoms with Crippen LogP contribution in [0.4, 0.5) is 0 Å². The molecule has 0 radical (unpaired) electrons. The second-order valence-corrected chi connectivity index (χ2v) is 4.95. The first-order valence-electron chi connectivity index (χ1n) is 6.69. The van der Waals surface area contributed by atoms with Crippen LogP contribution in [-0.4, -0.2) is 33.6 Å². The first kappa shape index (κ1) is 13.9. The number of nitrogens with one attached hydrogen (secondary N) is 1. The molecule has 4 heteroatoms. The van der Waals surface area contributed by atoms with Gasteiger partial charge in [-0.25, -0.2) is 0 Å². The van der Waals surface area contributed by atoms with Crippen molar-refractivity contribution in [1.82, 2.24) is 5.32 Å². The van der Waals surface area contributed by atoms with Gasteiger partial charge < -0.3 is 14.8 Å². The molecular formula is C15H21NO3. The number of carbonyl (C=O) groups excluding carboxylic acids is 1. The number of piperidine rings is 1. The van der Waals surface area contributed by atoms with Gasteiger partial charge in [-0.1, -0.05) is 0 Å². The highest BCUT2D eigenvalue weighted by Crippen LogP contribution is 2.34. The molecule has 1 fully saturated rings. The Labute approximate surface area is 114 Å². The second-order valence-electron chi connectivity index (χ2n) is 4.95. The van der Waals surface area contributed by atoms with Gasteiger partial charge >= 0.3 is 0 Å². The zero-order valence-electron chi connectivity index (χ0n) is 11.6. The summed E-state index contributed by atoms with van der Waals surface area (Å²) < 4.78 is 10.8. The van der Waals surface area contributed by atoms with Crippen molar-refractivity contribution in [3.8, 4) is 11.5 Å². The summed E-state index contributed by atoms with van der Waals surface area (Å²) >= 11 is 0. The minimum atomic E-state index is 0.592. The molecule has 1 aromatic carbocycles. The quantitative estimate of drug-likeness (QED) is 0.826. The highest BCUT2D eigenvalue weighted by atomic mass is 16.5. The lowest BCUT2D eigenvalue weighted by atomic mass is 9.91. The Bertz CT molecular complexity index is 439. The number of methoxy groups -OCH3 is 2. The van der Waals surface area contributed by atoms with Crippen molar-refractivity contribution in [1.29, 1.82) is 0 Å². The fourth-order valence-corrected chi connectivity index (χ4v) is 2.70. The standard InChI is InChI=1S/C15H21NO3/c1-18-14-8-12(10-17)7-13(15(14)19-2)6-11-4-3-5-16-9-11/h7-8,10-11,16H,3-6,9H2,1-2H3. The van der Waals surface area contributed by atoms with Crippen molar-refractivity contribution in [3.63, 3.8) is 0 Å². The van der Waals surface area contributed by atoms with E-state index in [0.717, 1.165) is 37.1 Å². The molecule has 0 spiro atoms. The summed E-state index contributed by atoms with van der Waals surface area (Å²) in [7, 11) is 3.24. The lowest BCUT2D eigenvalue weighted by Gasteiger charge is -2.24. The normalized spacial score (nSPS) is 18.9. The van der Waals surface area contributed by atoms with E-state index in [-0.39, 0.29) is 0 Å². The highest BCUT2D eigenvalue weighted by Gasteiger charge is 2.18. The third-order valence-corrected chi connectivity index (χ3v) is 3.62. The van der Waals surface area contributed by atoms with E-state index in [1.54, 1.807) is 20.3 Å². The van der Waals surface area contributed by atoms with Crippen LogP contribution in [0.3, 0.4) is 0 Å². The molecule has 1 aliphatic heterocycles. The summed E-state index contributed by atoms with van der Waals surface area (Å²) in [5.74, 6) is 1.97. The third-order valence-electron chi connectivity index (χ3n) is 3.62. The molecule has 19 heavy (non-hydrogen) atoms. The number of carbonyl (C=O) groups is 1. The van der Waals surface area contributed by atoms with Crippen molar-refractivity contribution >= 4 is 6.29 Å². The van der Waals surface area contributed by atoms with E-state index in [0.29, 0.717) is 17.2 Å². The van der Waals surface area contributed by atoms with Gasteiger partial charge in [-0.2, -0.15) is 0 Å². The smallest absolute Gasteiger partial charge is 0.163 e. The molecule has 1 heterocycles. The predicted molar refractivity (Wildman–Crippen MR) is 74.2 cm³/mol. The van der Waals surface area contributed by atoms with Crippen LogP contribution in [0.1, 0.15) is 28.8 Å². The van der Waals surface area contributed by atoms with E-state index in [1.165, 1.54) is 12.8 Å². The van der Waals surface area contributed by atoms with Crippen LogP contribution in [0.15, 0.2) is 12.1 Å². The molecule has 0 aliphatic carbocycles. The summed E-state index contributed by atoms with van der Waals surface area (Å²) in [4.78, 5) is 11.0. The van der Waals surface area contributed by atoms with Crippen LogP contribution < -0.4 is 14.8 Å². The van der Waals surface area contributed by atoms with Crippen LogP contribution in [0.2, 0.25) is 0 Å². The highest BCUT2D eigenvalue weighted by molar-refractivity contribution is 5.77. The van der Waals surface area contributed by atoms with E-state index in [4.69, 9.17) is 9.47 Å². The zero-order chi connectivity index (χ0) is 13.7. The Balaban J connectivity index is 2.27. The van der Waals surface area contributed by atoms with Gasteiger partial charge in [0, 0.05) is 5.56 Å². The molecule has 1 aromatic rings. The van der Waals surface area contributed by atoms with Crippen molar-refractivity contribution in [2.24, 2.45) is 5.92 Å². The largest absolute Gasteiger partial charge is 0.493 e. The molecule has 0 amide bonds. The first-order chi connectivity index (χ1) is 9.28. The lowest BCUT2D eigenvalue weighted by molar-refractivity contribution is 0.112. The summed E-state index contributed by atoms with van der Waals surface area (Å²) in [6.45, 7) is 2.13. The van der Waals surface area contributed by atoms with Gasteiger partial charge in [0.2, 0.25) is 0 Å². The Morgan fingerprint density at radius 3 is 2.79 bits per heavy atom. The fourth-order valence-electron chi connectivity index (χ4n) is 2.70. The van der Waals surface area contributed by atoms with Gasteiger partial charge in [0.05, 0.1) is 14.2 Å². The number of benzene rings is 1. The van der Waals surface area contributed by atoms with Crippen LogP contribution in [0.5, 0.6) is 11.5 Å². The minimum absolute atomic E-state index is 0.592. The van der Waals surface area contributed by atoms with Crippen molar-refractivity contribution < 1.29 is 14.3 Å². The number of hydrogen-bond acceptors (Lipinski definition) is 4. The van der Waals surface area contributed by atoms with Gasteiger partial charge in [-0.3, -0.25) is 4.79 Å². The molecular weight excluding hydrogens is 242 g/mol. The molecule has 0 aromatic heterocycles. The summed E-state index contributed by atoms with van der Waals surface area (Å²) in [6, 6.07) is 3.62. The Hall–Kier alpha value is -1.55. The molecule has 0 saturated carbocycles. The van der Waals surface area contributed by atoms with Crippen LogP contribution in [0, 0.1) is 5.92 Å². The minimum Gasteiger partial charge on any atom is -0.493 e. The SMILES string of the molecule is COc1cc(C=O)cc(CC2CCCNC2)c1OC. The van der Waals surface area contributed by atoms with Crippen LogP contribution >= 0.6 is 0 Å². The maximum Gasteiger partial charge on any atom is 0.163 e. The number of rotatable bonds is 5. The van der Waals surface area contributed by atoms with E-state index in [2.05, 4.69) is 5.32 Å². The summed E-state index contributed by atoms with van der Waals surface area (Å²) in [5.41, 5.74) is 1.69. The number of hydrogen-bond donors (Lipinski definition) is 1. The number of ether oxygens (including phenoxy) is 2. The summed E-state index contributed by atoms with van der Waals surface area (Å²) in [6.07, 6.45) is 4.18. The molecule has 4 nitrogen and oxygen atoms in total. The van der Waals surface area contributed by atoms with Crippen molar-refractivity contribution in [3.05, 3.63) is 23.3 Å². The monoisotopic (exact) mass is 263 g/mol. The summed E-state index contributed by atoms with van der Waals surface area (Å²) in [5, 5.41) is 3.41. The topological polar surface area (TPSA) is 47.6 Å². The van der Waals surface area contributed by atoms with E-state index >= 15 is 0 Å². The van der Waals surface area contributed by atoms with Crippen molar-refractivity contribution in [2.75, 3.05) is 27.3 Å². The lowest BCUT2D eigenvalue weighted by Crippen LogP contribution is -2.30. The maximum absolute atomic E-state index is 11.0. The Kier molecular flexibility index (Phi) is 4.80. The van der Waals surface area contributed by atoms with E-state index in [1.807, 2.05) is 6.07 Å². The fraction of sp³-hybridized carbons (Fsp3) is 0.533. The molecule has 2 rings (SSSR count).